The fourth-order valence-electron chi connectivity index (χ4n) is 1.32. The Labute approximate surface area is 108 Å². The van der Waals surface area contributed by atoms with Crippen molar-refractivity contribution in [3.8, 4) is 17.4 Å². The first-order valence-corrected chi connectivity index (χ1v) is 5.88. The molecule has 18 heavy (non-hydrogen) atoms. The van der Waals surface area contributed by atoms with Crippen LogP contribution in [0.5, 0.6) is 17.4 Å². The van der Waals surface area contributed by atoms with Gasteiger partial charge >= 0.3 is 0 Å². The number of rotatable bonds is 3. The number of hydrogen-bond donors (Lipinski definition) is 0. The molecule has 96 valence electrons. The van der Waals surface area contributed by atoms with E-state index in [1.165, 1.54) is 6.33 Å². The Balaban J connectivity index is 0.000000771. The summed E-state index contributed by atoms with van der Waals surface area (Å²) in [5, 5.41) is 0. The molecule has 0 amide bonds. The maximum atomic E-state index is 5.54. The lowest BCUT2D eigenvalue weighted by atomic mass is 10.2. The summed E-state index contributed by atoms with van der Waals surface area (Å²) < 4.78 is 10.8. The van der Waals surface area contributed by atoms with Crippen molar-refractivity contribution in [1.82, 2.24) is 9.97 Å². The van der Waals surface area contributed by atoms with E-state index in [9.17, 15) is 0 Å². The summed E-state index contributed by atoms with van der Waals surface area (Å²) in [7, 11) is 1.64. The average molecular weight is 246 g/mol. The monoisotopic (exact) mass is 246 g/mol. The largest absolute Gasteiger partial charge is 0.496 e. The molecule has 2 aromatic rings. The third-order valence-electron chi connectivity index (χ3n) is 2.16. The molecule has 0 aliphatic heterocycles. The van der Waals surface area contributed by atoms with E-state index in [0.717, 1.165) is 11.3 Å². The van der Waals surface area contributed by atoms with Gasteiger partial charge in [-0.25, -0.2) is 9.97 Å². The Morgan fingerprint density at radius 3 is 2.50 bits per heavy atom. The molecule has 0 radical (unpaired) electrons. The molecule has 0 saturated carbocycles. The van der Waals surface area contributed by atoms with Crippen LogP contribution in [-0.4, -0.2) is 17.1 Å². The summed E-state index contributed by atoms with van der Waals surface area (Å²) in [4.78, 5) is 7.80. The molecule has 4 heteroatoms. The smallest absolute Gasteiger partial charge is 0.222 e. The normalized spacial score (nSPS) is 9.11. The Bertz CT molecular complexity index is 472. The Morgan fingerprint density at radius 2 is 1.89 bits per heavy atom. The topological polar surface area (TPSA) is 44.2 Å². The number of methoxy groups -OCH3 is 1. The predicted octanol–water partition coefficient (Wildman–Crippen LogP) is 3.61. The van der Waals surface area contributed by atoms with Crippen molar-refractivity contribution in [3.63, 3.8) is 0 Å². The molecule has 1 aromatic heterocycles. The number of nitrogens with zero attached hydrogens (tertiary/aromatic N) is 2. The molecule has 0 aliphatic carbocycles. The Hall–Kier alpha value is -2.10. The van der Waals surface area contributed by atoms with E-state index >= 15 is 0 Å². The van der Waals surface area contributed by atoms with Gasteiger partial charge in [0, 0.05) is 18.3 Å². The van der Waals surface area contributed by atoms with Crippen LogP contribution in [0.25, 0.3) is 0 Å². The average Bonchev–Trinajstić information content (AvgIpc) is 2.44. The van der Waals surface area contributed by atoms with Crippen molar-refractivity contribution in [2.24, 2.45) is 0 Å². The van der Waals surface area contributed by atoms with Gasteiger partial charge in [0.25, 0.3) is 0 Å². The van der Waals surface area contributed by atoms with Gasteiger partial charge in [0.1, 0.15) is 17.8 Å². The molecule has 0 unspecified atom stereocenters. The van der Waals surface area contributed by atoms with Crippen molar-refractivity contribution < 1.29 is 9.47 Å². The molecule has 0 fully saturated rings. The van der Waals surface area contributed by atoms with Crippen molar-refractivity contribution in [1.29, 1.82) is 0 Å². The maximum Gasteiger partial charge on any atom is 0.222 e. The van der Waals surface area contributed by atoms with Crippen molar-refractivity contribution in [3.05, 3.63) is 42.4 Å². The van der Waals surface area contributed by atoms with Gasteiger partial charge in [0.2, 0.25) is 5.88 Å². The first kappa shape index (κ1) is 14.0. The third kappa shape index (κ3) is 3.73. The van der Waals surface area contributed by atoms with E-state index in [1.54, 1.807) is 19.4 Å². The molecule has 0 atom stereocenters. The predicted molar refractivity (Wildman–Crippen MR) is 71.2 cm³/mol. The Kier molecular flexibility index (Phi) is 5.64. The molecule has 0 bridgehead atoms. The van der Waals surface area contributed by atoms with Crippen LogP contribution in [0.3, 0.4) is 0 Å². The van der Waals surface area contributed by atoms with Gasteiger partial charge in [-0.15, -0.1) is 0 Å². The van der Waals surface area contributed by atoms with E-state index < -0.39 is 0 Å². The van der Waals surface area contributed by atoms with Crippen LogP contribution in [0.4, 0.5) is 0 Å². The van der Waals surface area contributed by atoms with E-state index in [1.807, 2.05) is 39.0 Å². The second-order valence-electron chi connectivity index (χ2n) is 3.28. The minimum atomic E-state index is 0.515. The molecule has 0 saturated heterocycles. The highest BCUT2D eigenvalue weighted by atomic mass is 16.5. The van der Waals surface area contributed by atoms with Crippen LogP contribution < -0.4 is 9.47 Å². The fourth-order valence-corrected chi connectivity index (χ4v) is 1.32. The summed E-state index contributed by atoms with van der Waals surface area (Å²) in [6, 6.07) is 7.35. The lowest BCUT2D eigenvalue weighted by molar-refractivity contribution is 0.404. The minimum absolute atomic E-state index is 0.515. The van der Waals surface area contributed by atoms with Gasteiger partial charge in [0.15, 0.2) is 0 Å². The summed E-state index contributed by atoms with van der Waals surface area (Å²) in [6.45, 7) is 5.98. The van der Waals surface area contributed by atoms with Crippen molar-refractivity contribution in [2.75, 3.05) is 7.11 Å². The quantitative estimate of drug-likeness (QED) is 0.829. The first-order valence-electron chi connectivity index (χ1n) is 5.88. The number of aryl methyl sites for hydroxylation is 1. The van der Waals surface area contributed by atoms with Crippen LogP contribution in [-0.2, 0) is 0 Å². The summed E-state index contributed by atoms with van der Waals surface area (Å²) >= 11 is 0. The highest BCUT2D eigenvalue weighted by molar-refractivity contribution is 5.40. The maximum absolute atomic E-state index is 5.54. The molecule has 0 aliphatic rings. The van der Waals surface area contributed by atoms with Crippen LogP contribution >= 0.6 is 0 Å². The van der Waals surface area contributed by atoms with Gasteiger partial charge in [-0.1, -0.05) is 19.9 Å². The highest BCUT2D eigenvalue weighted by Crippen LogP contribution is 2.26. The second-order valence-corrected chi connectivity index (χ2v) is 3.28. The van der Waals surface area contributed by atoms with E-state index in [4.69, 9.17) is 9.47 Å². The standard InChI is InChI=1S/C12H12N2O2.C2H6/c1-9-3-4-10(7-11(9)15-2)16-12-5-6-13-8-14-12;1-2/h3-8H,1-2H3;1-2H3. The van der Waals surface area contributed by atoms with Gasteiger partial charge in [-0.2, -0.15) is 0 Å². The van der Waals surface area contributed by atoms with Crippen LogP contribution in [0.1, 0.15) is 19.4 Å². The SMILES string of the molecule is CC.COc1cc(Oc2ccncn2)ccc1C. The number of aromatic nitrogens is 2. The highest BCUT2D eigenvalue weighted by Gasteiger charge is 2.02. The first-order chi connectivity index (χ1) is 8.79. The molecular weight excluding hydrogens is 228 g/mol. The van der Waals surface area contributed by atoms with E-state index in [-0.39, 0.29) is 0 Å². The molecule has 4 nitrogen and oxygen atoms in total. The molecule has 0 spiro atoms. The summed E-state index contributed by atoms with van der Waals surface area (Å²) in [5.41, 5.74) is 1.07. The van der Waals surface area contributed by atoms with Crippen molar-refractivity contribution >= 4 is 0 Å². The summed E-state index contributed by atoms with van der Waals surface area (Å²) in [5.74, 6) is 2.01. The van der Waals surface area contributed by atoms with Gasteiger partial charge < -0.3 is 9.47 Å². The zero-order chi connectivity index (χ0) is 13.4. The molecule has 0 N–H and O–H groups in total. The fraction of sp³-hybridized carbons (Fsp3) is 0.286. The number of hydrogen-bond acceptors (Lipinski definition) is 4. The number of ether oxygens (including phenoxy) is 2. The lowest BCUT2D eigenvalue weighted by Crippen LogP contribution is -1.91. The molecular formula is C14H18N2O2. The van der Waals surface area contributed by atoms with Gasteiger partial charge in [-0.05, 0) is 18.6 Å². The second kappa shape index (κ2) is 7.27. The van der Waals surface area contributed by atoms with Gasteiger partial charge in [0.05, 0.1) is 7.11 Å². The van der Waals surface area contributed by atoms with Crippen molar-refractivity contribution in [2.45, 2.75) is 20.8 Å². The summed E-state index contributed by atoms with van der Waals surface area (Å²) in [6.07, 6.45) is 3.08. The third-order valence-corrected chi connectivity index (χ3v) is 2.16. The van der Waals surface area contributed by atoms with Crippen LogP contribution in [0.15, 0.2) is 36.8 Å². The zero-order valence-corrected chi connectivity index (χ0v) is 11.2. The Morgan fingerprint density at radius 1 is 1.11 bits per heavy atom. The van der Waals surface area contributed by atoms with Crippen LogP contribution in [0.2, 0.25) is 0 Å². The molecule has 1 heterocycles. The minimum Gasteiger partial charge on any atom is -0.496 e. The van der Waals surface area contributed by atoms with Crippen LogP contribution in [0, 0.1) is 6.92 Å². The molecule has 1 aromatic carbocycles. The van der Waals surface area contributed by atoms with Gasteiger partial charge in [-0.3, -0.25) is 0 Å². The van der Waals surface area contributed by atoms with E-state index in [0.29, 0.717) is 11.6 Å². The zero-order valence-electron chi connectivity index (χ0n) is 11.2. The number of benzene rings is 1. The molecule has 2 rings (SSSR count). The lowest BCUT2D eigenvalue weighted by Gasteiger charge is -2.08. The van der Waals surface area contributed by atoms with E-state index in [2.05, 4.69) is 9.97 Å².